The third-order valence-electron chi connectivity index (χ3n) is 3.28. The zero-order chi connectivity index (χ0) is 16.8. The Labute approximate surface area is 151 Å². The van der Waals surface area contributed by atoms with Gasteiger partial charge in [-0.3, -0.25) is 4.79 Å². The summed E-state index contributed by atoms with van der Waals surface area (Å²) in [6.45, 7) is 1.56. The second-order valence-electron chi connectivity index (χ2n) is 5.00. The first-order chi connectivity index (χ1) is 11.7. The molecule has 1 atom stereocenters. The highest BCUT2D eigenvalue weighted by atomic mass is 32.2. The fourth-order valence-electron chi connectivity index (χ4n) is 2.13. The summed E-state index contributed by atoms with van der Waals surface area (Å²) in [6.07, 6.45) is 2.42. The van der Waals surface area contributed by atoms with Gasteiger partial charge in [0.05, 0.1) is 17.4 Å². The van der Waals surface area contributed by atoms with E-state index in [4.69, 9.17) is 10.00 Å². The highest BCUT2D eigenvalue weighted by molar-refractivity contribution is 8.01. The van der Waals surface area contributed by atoms with Crippen molar-refractivity contribution in [3.05, 3.63) is 17.0 Å². The molecule has 1 aliphatic heterocycles. The second kappa shape index (κ2) is 8.43. The maximum Gasteiger partial charge on any atom is 0.235 e. The number of amides is 1. The molecular weight excluding hydrogens is 366 g/mol. The molecule has 7 nitrogen and oxygen atoms in total. The van der Waals surface area contributed by atoms with E-state index in [2.05, 4.69) is 20.8 Å². The first-order valence-corrected chi connectivity index (χ1v) is 10.0. The van der Waals surface area contributed by atoms with Gasteiger partial charge in [-0.15, -0.1) is 21.5 Å². The van der Waals surface area contributed by atoms with Crippen molar-refractivity contribution in [3.8, 4) is 6.07 Å². The van der Waals surface area contributed by atoms with Crippen LogP contribution in [0.2, 0.25) is 0 Å². The number of rotatable bonds is 7. The molecular formula is C14H15N5O2S3. The zero-order valence-corrected chi connectivity index (χ0v) is 15.1. The van der Waals surface area contributed by atoms with Crippen molar-refractivity contribution < 1.29 is 9.53 Å². The standard InChI is InChI=1S/C14H15N5O2S3/c15-6-9-3-5-22-12(9)17-11(20)8-23-14-19-18-13(24-14)16-7-10-2-1-4-21-10/h3,5,10H,1-2,4,7-8H2,(H,16,18)(H,17,20)/t10-/m0/s1. The van der Waals surface area contributed by atoms with E-state index in [0.717, 1.165) is 35.5 Å². The van der Waals surface area contributed by atoms with Gasteiger partial charge in [-0.2, -0.15) is 5.26 Å². The highest BCUT2D eigenvalue weighted by Crippen LogP contribution is 2.27. The Morgan fingerprint density at radius 2 is 2.46 bits per heavy atom. The number of thioether (sulfide) groups is 1. The summed E-state index contributed by atoms with van der Waals surface area (Å²) < 4.78 is 6.27. The minimum Gasteiger partial charge on any atom is -0.376 e. The third kappa shape index (κ3) is 4.67. The van der Waals surface area contributed by atoms with Crippen molar-refractivity contribution in [2.75, 3.05) is 29.5 Å². The van der Waals surface area contributed by atoms with Crippen molar-refractivity contribution in [1.29, 1.82) is 5.26 Å². The lowest BCUT2D eigenvalue weighted by Crippen LogP contribution is -2.18. The maximum atomic E-state index is 11.9. The number of nitrogens with zero attached hydrogens (tertiary/aromatic N) is 3. The normalized spacial score (nSPS) is 16.7. The molecule has 0 radical (unpaired) electrons. The predicted molar refractivity (Wildman–Crippen MR) is 95.8 cm³/mol. The van der Waals surface area contributed by atoms with Gasteiger partial charge in [0, 0.05) is 13.2 Å². The average molecular weight is 382 g/mol. The summed E-state index contributed by atoms with van der Waals surface area (Å²) in [6, 6.07) is 3.73. The van der Waals surface area contributed by atoms with E-state index in [1.165, 1.54) is 34.4 Å². The molecule has 1 aliphatic rings. The first kappa shape index (κ1) is 17.2. The van der Waals surface area contributed by atoms with Crippen LogP contribution in [0.3, 0.4) is 0 Å². The minimum atomic E-state index is -0.164. The largest absolute Gasteiger partial charge is 0.376 e. The van der Waals surface area contributed by atoms with Crippen LogP contribution in [0, 0.1) is 11.3 Å². The summed E-state index contributed by atoms with van der Waals surface area (Å²) in [4.78, 5) is 11.9. The Balaban J connectivity index is 1.43. The van der Waals surface area contributed by atoms with Gasteiger partial charge < -0.3 is 15.4 Å². The van der Waals surface area contributed by atoms with Crippen molar-refractivity contribution in [3.63, 3.8) is 0 Å². The fraction of sp³-hybridized carbons (Fsp3) is 0.429. The Morgan fingerprint density at radius 3 is 3.25 bits per heavy atom. The Bertz CT molecular complexity index is 733. The summed E-state index contributed by atoms with van der Waals surface area (Å²) >= 11 is 4.08. The van der Waals surface area contributed by atoms with Crippen LogP contribution < -0.4 is 10.6 Å². The molecule has 10 heteroatoms. The van der Waals surface area contributed by atoms with Crippen LogP contribution in [-0.4, -0.2) is 41.1 Å². The smallest absolute Gasteiger partial charge is 0.235 e. The zero-order valence-electron chi connectivity index (χ0n) is 12.7. The topological polar surface area (TPSA) is 99.9 Å². The molecule has 0 aromatic carbocycles. The Kier molecular flexibility index (Phi) is 6.03. The minimum absolute atomic E-state index is 0.164. The van der Waals surface area contributed by atoms with Crippen LogP contribution in [0.15, 0.2) is 15.8 Å². The first-order valence-electron chi connectivity index (χ1n) is 7.34. The molecule has 0 bridgehead atoms. The van der Waals surface area contributed by atoms with Crippen LogP contribution in [-0.2, 0) is 9.53 Å². The predicted octanol–water partition coefficient (Wildman–Crippen LogP) is 2.79. The lowest BCUT2D eigenvalue weighted by Gasteiger charge is -2.08. The van der Waals surface area contributed by atoms with Gasteiger partial charge in [0.1, 0.15) is 11.1 Å². The monoisotopic (exact) mass is 381 g/mol. The lowest BCUT2D eigenvalue weighted by atomic mass is 10.2. The molecule has 2 aromatic rings. The van der Waals surface area contributed by atoms with Crippen LogP contribution in [0.4, 0.5) is 10.1 Å². The van der Waals surface area contributed by atoms with E-state index < -0.39 is 0 Å². The third-order valence-corrected chi connectivity index (χ3v) is 6.12. The van der Waals surface area contributed by atoms with E-state index in [0.29, 0.717) is 10.6 Å². The molecule has 0 unspecified atom stereocenters. The maximum absolute atomic E-state index is 11.9. The molecule has 3 rings (SSSR count). The number of hydrogen-bond donors (Lipinski definition) is 2. The molecule has 3 heterocycles. The molecule has 0 saturated carbocycles. The number of thiophene rings is 1. The molecule has 2 aromatic heterocycles. The number of hydrogen-bond acceptors (Lipinski definition) is 9. The van der Waals surface area contributed by atoms with Gasteiger partial charge in [-0.1, -0.05) is 23.1 Å². The highest BCUT2D eigenvalue weighted by Gasteiger charge is 2.16. The molecule has 0 spiro atoms. The number of carbonyl (C=O) groups excluding carboxylic acids is 1. The number of carbonyl (C=O) groups is 1. The van der Waals surface area contributed by atoms with E-state index in [-0.39, 0.29) is 17.8 Å². The van der Waals surface area contributed by atoms with Crippen molar-refractivity contribution in [1.82, 2.24) is 10.2 Å². The molecule has 1 saturated heterocycles. The average Bonchev–Trinajstić information content (AvgIpc) is 3.32. The van der Waals surface area contributed by atoms with Gasteiger partial charge in [-0.25, -0.2) is 0 Å². The summed E-state index contributed by atoms with van der Waals surface area (Å²) in [5, 5.41) is 26.1. The summed E-state index contributed by atoms with van der Waals surface area (Å²) in [5.74, 6) is 0.0615. The number of ether oxygens (including phenoxy) is 1. The van der Waals surface area contributed by atoms with Crippen molar-refractivity contribution in [2.24, 2.45) is 0 Å². The molecule has 2 N–H and O–H groups in total. The summed E-state index contributed by atoms with van der Waals surface area (Å²) in [5.41, 5.74) is 0.481. The van der Waals surface area contributed by atoms with Gasteiger partial charge in [0.25, 0.3) is 0 Å². The van der Waals surface area contributed by atoms with Gasteiger partial charge >= 0.3 is 0 Å². The number of nitrogens with one attached hydrogen (secondary N) is 2. The Morgan fingerprint density at radius 1 is 1.54 bits per heavy atom. The van der Waals surface area contributed by atoms with E-state index in [1.54, 1.807) is 11.4 Å². The number of anilines is 2. The number of nitriles is 1. The molecule has 0 aliphatic carbocycles. The van der Waals surface area contributed by atoms with E-state index >= 15 is 0 Å². The lowest BCUT2D eigenvalue weighted by molar-refractivity contribution is -0.113. The number of aromatic nitrogens is 2. The van der Waals surface area contributed by atoms with Crippen LogP contribution >= 0.6 is 34.4 Å². The molecule has 1 amide bonds. The molecule has 1 fully saturated rings. The Hall–Kier alpha value is -1.67. The van der Waals surface area contributed by atoms with Crippen LogP contribution in [0.5, 0.6) is 0 Å². The van der Waals surface area contributed by atoms with Gasteiger partial charge in [-0.05, 0) is 24.3 Å². The van der Waals surface area contributed by atoms with Gasteiger partial charge in [0.15, 0.2) is 4.34 Å². The van der Waals surface area contributed by atoms with Crippen molar-refractivity contribution >= 4 is 50.5 Å². The fourth-order valence-corrected chi connectivity index (χ4v) is 4.44. The quantitative estimate of drug-likeness (QED) is 0.711. The van der Waals surface area contributed by atoms with Crippen molar-refractivity contribution in [2.45, 2.75) is 23.3 Å². The van der Waals surface area contributed by atoms with Gasteiger partial charge in [0.2, 0.25) is 11.0 Å². The van der Waals surface area contributed by atoms with E-state index in [1.807, 2.05) is 6.07 Å². The van der Waals surface area contributed by atoms with Crippen LogP contribution in [0.1, 0.15) is 18.4 Å². The van der Waals surface area contributed by atoms with Crippen LogP contribution in [0.25, 0.3) is 0 Å². The molecule has 126 valence electrons. The summed E-state index contributed by atoms with van der Waals surface area (Å²) in [7, 11) is 0. The second-order valence-corrected chi connectivity index (χ2v) is 8.12. The SMILES string of the molecule is N#Cc1ccsc1NC(=O)CSc1nnc(NC[C@@H]2CCCO2)s1. The van der Waals surface area contributed by atoms with E-state index in [9.17, 15) is 4.79 Å². The molecule has 24 heavy (non-hydrogen) atoms.